The van der Waals surface area contributed by atoms with Gasteiger partial charge in [-0.25, -0.2) is 10.2 Å². The molecule has 3 N–H and O–H groups in total. The van der Waals surface area contributed by atoms with Gasteiger partial charge in [-0.05, 0) is 107 Å². The largest absolute Gasteiger partial charge is 0.487 e. The number of non-ortho nitro benzene ring substituents is 1. The normalized spacial score (nSPS) is 14.4. The number of thiocarbonyl (C=S) groups is 1. The number of hydrazone groups is 1. The second-order valence-corrected chi connectivity index (χ2v) is 12.2. The van der Waals surface area contributed by atoms with Crippen LogP contribution < -0.4 is 25.5 Å². The molecule has 15 heteroatoms. The molecule has 45 heavy (non-hydrogen) atoms. The van der Waals surface area contributed by atoms with E-state index in [2.05, 4.69) is 66.3 Å². The summed E-state index contributed by atoms with van der Waals surface area (Å²) in [5, 5.41) is 21.4. The zero-order valence-electron chi connectivity index (χ0n) is 24.0. The summed E-state index contributed by atoms with van der Waals surface area (Å²) in [5.41, 5.74) is 5.36. The molecule has 0 saturated carbocycles. The summed E-state index contributed by atoms with van der Waals surface area (Å²) in [6, 6.07) is 16.3. The number of nitrogens with one attached hydrogen (secondary N) is 3. The summed E-state index contributed by atoms with van der Waals surface area (Å²) in [6.45, 7) is 3.50. The molecule has 1 atom stereocenters. The maximum atomic E-state index is 12.8. The van der Waals surface area contributed by atoms with Crippen molar-refractivity contribution in [1.82, 2.24) is 16.1 Å². The van der Waals surface area contributed by atoms with Crippen molar-refractivity contribution < 1.29 is 28.7 Å². The fourth-order valence-electron chi connectivity index (χ4n) is 4.30. The highest BCUT2D eigenvalue weighted by atomic mass is 127. The van der Waals surface area contributed by atoms with E-state index in [-0.39, 0.29) is 25.5 Å². The molecule has 0 bridgehead atoms. The van der Waals surface area contributed by atoms with Crippen molar-refractivity contribution in [2.75, 3.05) is 13.2 Å². The van der Waals surface area contributed by atoms with Crippen LogP contribution in [0.1, 0.15) is 36.6 Å². The number of rotatable bonds is 12. The van der Waals surface area contributed by atoms with Crippen LogP contribution in [0.15, 0.2) is 77.0 Å². The van der Waals surface area contributed by atoms with E-state index >= 15 is 0 Å². The lowest BCUT2D eigenvalue weighted by Crippen LogP contribution is -2.45. The fourth-order valence-corrected chi connectivity index (χ4v) is 6.62. The van der Waals surface area contributed by atoms with E-state index in [1.807, 2.05) is 12.1 Å². The molecule has 1 heterocycles. The Kier molecular flexibility index (Phi) is 12.1. The first-order valence-electron chi connectivity index (χ1n) is 13.4. The number of carbonyl (C=O) groups is 2. The van der Waals surface area contributed by atoms with Crippen molar-refractivity contribution >= 4 is 86.3 Å². The number of amides is 1. The molecule has 0 saturated heterocycles. The molecule has 0 unspecified atom stereocenters. The molecular weight excluding hydrogens is 828 g/mol. The maximum Gasteiger partial charge on any atom is 0.338 e. The monoisotopic (exact) mass is 855 g/mol. The number of nitrogens with zero attached hydrogens (tertiary/aromatic N) is 2. The Morgan fingerprint density at radius 2 is 1.87 bits per heavy atom. The van der Waals surface area contributed by atoms with Gasteiger partial charge in [0.25, 0.3) is 11.6 Å². The summed E-state index contributed by atoms with van der Waals surface area (Å²) in [6.07, 6.45) is 1.47. The molecule has 0 spiro atoms. The zero-order valence-corrected chi connectivity index (χ0v) is 29.1. The topological polar surface area (TPSA) is 153 Å². The predicted octanol–water partition coefficient (Wildman–Crippen LogP) is 5.27. The average Bonchev–Trinajstić information content (AvgIpc) is 2.99. The number of hydrogen-bond donors (Lipinski definition) is 3. The van der Waals surface area contributed by atoms with Gasteiger partial charge in [-0.15, -0.1) is 0 Å². The lowest BCUT2D eigenvalue weighted by atomic mass is 9.95. The first-order chi connectivity index (χ1) is 21.6. The highest BCUT2D eigenvalue weighted by molar-refractivity contribution is 14.1. The number of ether oxygens (including phenoxy) is 3. The predicted molar refractivity (Wildman–Crippen MR) is 188 cm³/mol. The van der Waals surface area contributed by atoms with Gasteiger partial charge in [0, 0.05) is 32.5 Å². The van der Waals surface area contributed by atoms with E-state index in [9.17, 15) is 19.7 Å². The van der Waals surface area contributed by atoms with Crippen LogP contribution in [0.3, 0.4) is 0 Å². The summed E-state index contributed by atoms with van der Waals surface area (Å²) in [4.78, 5) is 35.9. The van der Waals surface area contributed by atoms with Crippen LogP contribution in [0.4, 0.5) is 5.69 Å². The molecule has 0 aromatic heterocycles. The molecule has 0 radical (unpaired) electrons. The molecule has 1 aliphatic rings. The Hall–Kier alpha value is -3.84. The molecule has 0 aliphatic carbocycles. The van der Waals surface area contributed by atoms with Crippen molar-refractivity contribution in [1.29, 1.82) is 0 Å². The first kappa shape index (κ1) is 34.0. The number of para-hydroxylation sites is 1. The van der Waals surface area contributed by atoms with E-state index in [4.69, 9.17) is 26.4 Å². The van der Waals surface area contributed by atoms with Gasteiger partial charge in [0.15, 0.2) is 11.7 Å². The SMILES string of the molecule is CCOC(=O)C1=C(C)NC(=S)N[C@@H]1c1ccccc1OCC(=O)NN=Cc1cc(I)cc(I)c1OCc1ccc([N+](=O)[O-])cc1. The number of hydrogen-bond acceptors (Lipinski definition) is 9. The van der Waals surface area contributed by atoms with Gasteiger partial charge < -0.3 is 24.8 Å². The summed E-state index contributed by atoms with van der Waals surface area (Å²) in [7, 11) is 0. The van der Waals surface area contributed by atoms with Crippen molar-refractivity contribution in [3.05, 3.63) is 106 Å². The lowest BCUT2D eigenvalue weighted by Gasteiger charge is -2.30. The number of allylic oxidation sites excluding steroid dienone is 1. The van der Waals surface area contributed by atoms with Gasteiger partial charge in [0.1, 0.15) is 18.1 Å². The Bertz CT molecular complexity index is 1680. The van der Waals surface area contributed by atoms with Crippen LogP contribution >= 0.6 is 57.4 Å². The Morgan fingerprint density at radius 3 is 2.58 bits per heavy atom. The van der Waals surface area contributed by atoms with Gasteiger partial charge in [-0.2, -0.15) is 5.10 Å². The van der Waals surface area contributed by atoms with Gasteiger partial charge in [-0.1, -0.05) is 18.2 Å². The van der Waals surface area contributed by atoms with E-state index in [1.165, 1.54) is 18.3 Å². The van der Waals surface area contributed by atoms with Gasteiger partial charge in [0.2, 0.25) is 0 Å². The number of nitro groups is 1. The van der Waals surface area contributed by atoms with E-state index in [0.29, 0.717) is 39.0 Å². The molecule has 4 rings (SSSR count). The summed E-state index contributed by atoms with van der Waals surface area (Å²) in [5.74, 6) is -0.0835. The molecule has 1 amide bonds. The number of carbonyl (C=O) groups excluding carboxylic acids is 2. The maximum absolute atomic E-state index is 12.8. The van der Waals surface area contributed by atoms with Gasteiger partial charge >= 0.3 is 5.97 Å². The van der Waals surface area contributed by atoms with Crippen molar-refractivity contribution in [3.8, 4) is 11.5 Å². The minimum atomic E-state index is -0.650. The molecule has 12 nitrogen and oxygen atoms in total. The smallest absolute Gasteiger partial charge is 0.338 e. The van der Waals surface area contributed by atoms with Crippen molar-refractivity contribution in [3.63, 3.8) is 0 Å². The van der Waals surface area contributed by atoms with Crippen LogP contribution in [0.2, 0.25) is 0 Å². The van der Waals surface area contributed by atoms with Crippen molar-refractivity contribution in [2.45, 2.75) is 26.5 Å². The van der Waals surface area contributed by atoms with Crippen LogP contribution in [-0.2, 0) is 20.9 Å². The molecule has 1 aliphatic heterocycles. The second kappa shape index (κ2) is 15.9. The number of benzene rings is 3. The minimum absolute atomic E-state index is 0.000887. The molecule has 3 aromatic rings. The second-order valence-electron chi connectivity index (χ2n) is 9.43. The Balaban J connectivity index is 1.43. The van der Waals surface area contributed by atoms with Crippen LogP contribution in [0, 0.1) is 17.3 Å². The summed E-state index contributed by atoms with van der Waals surface area (Å²) >= 11 is 9.64. The van der Waals surface area contributed by atoms with E-state index in [0.717, 1.165) is 12.7 Å². The van der Waals surface area contributed by atoms with E-state index in [1.54, 1.807) is 50.2 Å². The van der Waals surface area contributed by atoms with Gasteiger partial charge in [-0.3, -0.25) is 14.9 Å². The van der Waals surface area contributed by atoms with Crippen LogP contribution in [0.25, 0.3) is 0 Å². The highest BCUT2D eigenvalue weighted by Crippen LogP contribution is 2.34. The minimum Gasteiger partial charge on any atom is -0.487 e. The highest BCUT2D eigenvalue weighted by Gasteiger charge is 2.32. The van der Waals surface area contributed by atoms with Crippen LogP contribution in [-0.4, -0.2) is 41.3 Å². The van der Waals surface area contributed by atoms with Crippen molar-refractivity contribution in [2.24, 2.45) is 5.10 Å². The van der Waals surface area contributed by atoms with Crippen LogP contribution in [0.5, 0.6) is 11.5 Å². The Morgan fingerprint density at radius 1 is 1.13 bits per heavy atom. The van der Waals surface area contributed by atoms with Gasteiger partial charge in [0.05, 0.1) is 32.9 Å². The first-order valence-corrected chi connectivity index (χ1v) is 16.0. The molecule has 3 aromatic carbocycles. The Labute approximate surface area is 291 Å². The molecular formula is C30H27I2N5O7S. The quantitative estimate of drug-likeness (QED) is 0.0549. The third-order valence-electron chi connectivity index (χ3n) is 6.31. The number of halogens is 2. The fraction of sp³-hybridized carbons (Fsp3) is 0.200. The lowest BCUT2D eigenvalue weighted by molar-refractivity contribution is -0.384. The number of esters is 1. The molecule has 0 fully saturated rings. The average molecular weight is 855 g/mol. The standard InChI is InChI=1S/C30H27I2N5O7S/c1-3-42-29(39)26-17(2)34-30(45)35-27(26)22-6-4-5-7-24(22)43-16-25(38)36-33-14-19-12-20(31)13-23(32)28(19)44-15-18-8-10-21(11-9-18)37(40)41/h4-14,27H,3,15-16H2,1-2H3,(H,36,38)(H2,34,35,45)/t27-/m1/s1. The summed E-state index contributed by atoms with van der Waals surface area (Å²) < 4.78 is 18.9. The number of nitro benzene ring substituents is 1. The zero-order chi connectivity index (χ0) is 32.5. The third kappa shape index (κ3) is 9.10. The third-order valence-corrected chi connectivity index (χ3v) is 7.96. The van der Waals surface area contributed by atoms with E-state index < -0.39 is 22.8 Å². The molecule has 234 valence electrons.